The predicted molar refractivity (Wildman–Crippen MR) is 112 cm³/mol. The first-order valence-corrected chi connectivity index (χ1v) is 11.0. The van der Waals surface area contributed by atoms with Gasteiger partial charge in [0.1, 0.15) is 37.5 Å². The van der Waals surface area contributed by atoms with Gasteiger partial charge in [-0.05, 0) is 19.1 Å². The summed E-state index contributed by atoms with van der Waals surface area (Å²) in [4.78, 5) is 41.5. The third-order valence-corrected chi connectivity index (χ3v) is 5.32. The van der Waals surface area contributed by atoms with E-state index < -0.39 is 43.9 Å². The SMILES string of the molecule is CC(=O)O[C@H]1C[C@H](n2cc(C)c(=O)[nH]c2=O)O[C@@H]1CO[P+](=O)OCCNc1ccccn1. The highest BCUT2D eigenvalue weighted by Gasteiger charge is 2.41. The molecule has 1 unspecified atom stereocenters. The van der Waals surface area contributed by atoms with Crippen LogP contribution in [0.3, 0.4) is 0 Å². The predicted octanol–water partition coefficient (Wildman–Crippen LogP) is 1.26. The van der Waals surface area contributed by atoms with Crippen molar-refractivity contribution in [2.24, 2.45) is 0 Å². The van der Waals surface area contributed by atoms with Crippen molar-refractivity contribution in [2.75, 3.05) is 25.1 Å². The molecule has 13 heteroatoms. The Labute approximate surface area is 183 Å². The van der Waals surface area contributed by atoms with Gasteiger partial charge in [0.25, 0.3) is 5.56 Å². The lowest BCUT2D eigenvalue weighted by Gasteiger charge is -2.15. The Hall–Kier alpha value is -2.92. The second-order valence-electron chi connectivity index (χ2n) is 6.99. The number of ether oxygens (including phenoxy) is 2. The van der Waals surface area contributed by atoms with Gasteiger partial charge in [0, 0.05) is 42.4 Å². The summed E-state index contributed by atoms with van der Waals surface area (Å²) in [5, 5.41) is 3.00. The molecule has 2 aromatic heterocycles. The fourth-order valence-corrected chi connectivity index (χ4v) is 3.68. The summed E-state index contributed by atoms with van der Waals surface area (Å²) in [6, 6.07) is 5.41. The number of esters is 1. The number of hydrogen-bond acceptors (Lipinski definition) is 10. The zero-order valence-corrected chi connectivity index (χ0v) is 18.4. The van der Waals surface area contributed by atoms with Crippen molar-refractivity contribution in [3.05, 3.63) is 57.0 Å². The van der Waals surface area contributed by atoms with Crippen LogP contribution in [0.1, 0.15) is 25.1 Å². The molecule has 0 radical (unpaired) electrons. The summed E-state index contributed by atoms with van der Waals surface area (Å²) in [7, 11) is -2.45. The van der Waals surface area contributed by atoms with E-state index >= 15 is 0 Å². The van der Waals surface area contributed by atoms with E-state index in [1.165, 1.54) is 17.7 Å². The third-order valence-electron chi connectivity index (χ3n) is 4.57. The van der Waals surface area contributed by atoms with E-state index in [4.69, 9.17) is 18.5 Å². The lowest BCUT2D eigenvalue weighted by molar-refractivity contribution is -0.150. The maximum atomic E-state index is 12.1. The first kappa shape index (κ1) is 23.7. The normalized spacial score (nSPS) is 20.7. The molecule has 1 saturated heterocycles. The summed E-state index contributed by atoms with van der Waals surface area (Å²) in [6.07, 6.45) is 0.868. The van der Waals surface area contributed by atoms with Gasteiger partial charge < -0.3 is 14.8 Å². The molecule has 172 valence electrons. The van der Waals surface area contributed by atoms with Gasteiger partial charge in [-0.3, -0.25) is 19.1 Å². The van der Waals surface area contributed by atoms with Crippen LogP contribution in [0, 0.1) is 6.92 Å². The molecular formula is C19H24N4O8P+. The van der Waals surface area contributed by atoms with Gasteiger partial charge in [0.2, 0.25) is 0 Å². The molecule has 1 fully saturated rings. The highest BCUT2D eigenvalue weighted by atomic mass is 31.1. The molecule has 1 aliphatic heterocycles. The number of carbonyl (C=O) groups excluding carboxylic acids is 1. The number of nitrogens with one attached hydrogen (secondary N) is 2. The second-order valence-corrected chi connectivity index (χ2v) is 7.95. The molecule has 0 amide bonds. The van der Waals surface area contributed by atoms with Gasteiger partial charge in [0.05, 0.1) is 0 Å². The standard InChI is InChI=1S/C19H23N4O8P/c1-12-10-23(19(26)22-18(12)25)17-9-14(30-13(2)24)15(31-17)11-29-32(27)28-8-7-21-16-5-3-4-6-20-16/h3-6,10,14-15,17H,7-9,11H2,1-2H3,(H-,20,21,22,25,26)/p+1/t14-,15+,17+/m0/s1. The van der Waals surface area contributed by atoms with Crippen molar-refractivity contribution in [1.82, 2.24) is 14.5 Å². The van der Waals surface area contributed by atoms with Crippen LogP contribution >= 0.6 is 8.25 Å². The van der Waals surface area contributed by atoms with Crippen molar-refractivity contribution in [3.8, 4) is 0 Å². The van der Waals surface area contributed by atoms with Crippen LogP contribution in [0.4, 0.5) is 5.82 Å². The second kappa shape index (κ2) is 11.1. The van der Waals surface area contributed by atoms with Gasteiger partial charge in [0.15, 0.2) is 0 Å². The number of hydrogen-bond donors (Lipinski definition) is 2. The van der Waals surface area contributed by atoms with Gasteiger partial charge >= 0.3 is 19.9 Å². The van der Waals surface area contributed by atoms with Gasteiger partial charge in [-0.25, -0.2) is 9.78 Å². The first-order chi connectivity index (χ1) is 15.3. The zero-order valence-electron chi connectivity index (χ0n) is 17.6. The smallest absolute Gasteiger partial charge is 0.460 e. The van der Waals surface area contributed by atoms with Crippen LogP contribution in [0.15, 0.2) is 40.2 Å². The van der Waals surface area contributed by atoms with Gasteiger partial charge in [-0.2, -0.15) is 0 Å². The third kappa shape index (κ3) is 6.54. The number of pyridine rings is 1. The van der Waals surface area contributed by atoms with Crippen LogP contribution in [0.2, 0.25) is 0 Å². The number of aromatic amines is 1. The summed E-state index contributed by atoms with van der Waals surface area (Å²) < 4.78 is 34.7. The molecule has 2 N–H and O–H groups in total. The van der Waals surface area contributed by atoms with Crippen molar-refractivity contribution >= 4 is 20.0 Å². The van der Waals surface area contributed by atoms with Crippen molar-refractivity contribution in [2.45, 2.75) is 38.7 Å². The lowest BCUT2D eigenvalue weighted by Crippen LogP contribution is -2.33. The molecule has 3 rings (SSSR count). The molecule has 0 aliphatic carbocycles. The Bertz CT molecular complexity index is 1060. The van der Waals surface area contributed by atoms with Crippen LogP contribution in [-0.2, 0) is 27.9 Å². The highest BCUT2D eigenvalue weighted by molar-refractivity contribution is 7.33. The number of H-pyrrole nitrogens is 1. The minimum atomic E-state index is -2.45. The fourth-order valence-electron chi connectivity index (χ4n) is 3.10. The number of rotatable bonds is 10. The average Bonchev–Trinajstić information content (AvgIpc) is 3.14. The Morgan fingerprint density at radius 3 is 2.91 bits per heavy atom. The van der Waals surface area contributed by atoms with E-state index in [1.54, 1.807) is 25.3 Å². The van der Waals surface area contributed by atoms with Gasteiger partial charge in [-0.1, -0.05) is 6.07 Å². The summed E-state index contributed by atoms with van der Waals surface area (Å²) in [6.45, 7) is 3.10. The molecule has 4 atom stereocenters. The maximum absolute atomic E-state index is 12.1. The van der Waals surface area contributed by atoms with E-state index in [0.717, 1.165) is 0 Å². The summed E-state index contributed by atoms with van der Waals surface area (Å²) >= 11 is 0. The molecule has 0 aromatic carbocycles. The zero-order chi connectivity index (χ0) is 23.1. The van der Waals surface area contributed by atoms with Crippen molar-refractivity contribution in [3.63, 3.8) is 0 Å². The van der Waals surface area contributed by atoms with Crippen LogP contribution in [-0.4, -0.2) is 52.5 Å². The first-order valence-electron chi connectivity index (χ1n) is 9.86. The number of anilines is 1. The van der Waals surface area contributed by atoms with Crippen LogP contribution in [0.25, 0.3) is 0 Å². The van der Waals surface area contributed by atoms with Gasteiger partial charge in [-0.15, -0.1) is 9.05 Å². The Morgan fingerprint density at radius 2 is 2.19 bits per heavy atom. The summed E-state index contributed by atoms with van der Waals surface area (Å²) in [5.41, 5.74) is -0.816. The minimum Gasteiger partial charge on any atom is -0.460 e. The molecule has 0 spiro atoms. The largest absolute Gasteiger partial charge is 0.697 e. The van der Waals surface area contributed by atoms with Crippen LogP contribution in [0.5, 0.6) is 0 Å². The quantitative estimate of drug-likeness (QED) is 0.297. The number of carbonyl (C=O) groups is 1. The van der Waals surface area contributed by atoms with E-state index in [2.05, 4.69) is 15.3 Å². The van der Waals surface area contributed by atoms with E-state index in [-0.39, 0.29) is 19.6 Å². The number of aryl methyl sites for hydroxylation is 1. The molecule has 0 saturated carbocycles. The fraction of sp³-hybridized carbons (Fsp3) is 0.474. The molecule has 2 aromatic rings. The van der Waals surface area contributed by atoms with E-state index in [9.17, 15) is 18.9 Å². The topological polar surface area (TPSA) is 151 Å². The van der Waals surface area contributed by atoms with E-state index in [1.807, 2.05) is 6.07 Å². The molecule has 32 heavy (non-hydrogen) atoms. The Kier molecular flexibility index (Phi) is 8.23. The Balaban J connectivity index is 1.52. The molecule has 12 nitrogen and oxygen atoms in total. The highest BCUT2D eigenvalue weighted by Crippen LogP contribution is 2.33. The van der Waals surface area contributed by atoms with Crippen LogP contribution < -0.4 is 16.6 Å². The summed E-state index contributed by atoms with van der Waals surface area (Å²) in [5.74, 6) is 0.130. The number of aromatic nitrogens is 3. The van der Waals surface area contributed by atoms with E-state index in [0.29, 0.717) is 17.9 Å². The maximum Gasteiger partial charge on any atom is 0.697 e. The minimum absolute atomic E-state index is 0.110. The lowest BCUT2D eigenvalue weighted by atomic mass is 10.2. The van der Waals surface area contributed by atoms with Crippen molar-refractivity contribution < 1.29 is 27.9 Å². The Morgan fingerprint density at radius 1 is 1.38 bits per heavy atom. The molecule has 1 aliphatic rings. The number of nitrogens with zero attached hydrogens (tertiary/aromatic N) is 2. The average molecular weight is 467 g/mol. The monoisotopic (exact) mass is 467 g/mol. The molecule has 3 heterocycles. The molecular weight excluding hydrogens is 443 g/mol. The van der Waals surface area contributed by atoms with Crippen molar-refractivity contribution in [1.29, 1.82) is 0 Å². The molecule has 0 bridgehead atoms.